The Labute approximate surface area is 183 Å². The predicted molar refractivity (Wildman–Crippen MR) is 123 cm³/mol. The molecular formula is C26H28N4O. The zero-order chi connectivity index (χ0) is 21.4. The van der Waals surface area contributed by atoms with Gasteiger partial charge in [-0.15, -0.1) is 0 Å². The topological polar surface area (TPSA) is 58.1 Å². The Bertz CT molecular complexity index is 1080. The molecule has 2 aliphatic carbocycles. The lowest BCUT2D eigenvalue weighted by Gasteiger charge is -2.25. The van der Waals surface area contributed by atoms with Crippen LogP contribution in [0.4, 0.5) is 11.5 Å². The number of nitrogens with zero attached hydrogens (tertiary/aromatic N) is 3. The standard InChI is InChI=1S/C26H28N4O/c1-17-8-12-21(13-9-17)30(2)25-22(16-27-24(29-25)19-6-4-3-5-7-19)26(31)28-23-15-18-10-11-20(23)14-18/h3-9,12-13,16,18,20,23H,10-11,14-15H2,1-2H3,(H,28,31)/t18-,20-,23+/m0/s1. The van der Waals surface area contributed by atoms with Gasteiger partial charge in [-0.1, -0.05) is 54.4 Å². The van der Waals surface area contributed by atoms with Crippen LogP contribution in [0.2, 0.25) is 0 Å². The van der Waals surface area contributed by atoms with Crippen LogP contribution in [-0.2, 0) is 0 Å². The normalized spacial score (nSPS) is 21.8. The van der Waals surface area contributed by atoms with Crippen molar-refractivity contribution in [3.05, 3.63) is 71.9 Å². The molecule has 0 unspecified atom stereocenters. The first-order valence-electron chi connectivity index (χ1n) is 11.1. The Morgan fingerprint density at radius 1 is 1.03 bits per heavy atom. The minimum atomic E-state index is -0.0777. The third-order valence-electron chi connectivity index (χ3n) is 6.84. The van der Waals surface area contributed by atoms with E-state index in [1.165, 1.54) is 24.8 Å². The van der Waals surface area contributed by atoms with E-state index >= 15 is 0 Å². The van der Waals surface area contributed by atoms with Gasteiger partial charge in [0.25, 0.3) is 5.91 Å². The average Bonchev–Trinajstić information content (AvgIpc) is 3.43. The number of carbonyl (C=O) groups is 1. The van der Waals surface area contributed by atoms with E-state index in [-0.39, 0.29) is 11.9 Å². The highest BCUT2D eigenvalue weighted by Crippen LogP contribution is 2.44. The molecule has 2 aromatic carbocycles. The second kappa shape index (κ2) is 8.14. The number of rotatable bonds is 5. The average molecular weight is 413 g/mol. The molecule has 1 N–H and O–H groups in total. The van der Waals surface area contributed by atoms with Crippen molar-refractivity contribution in [1.29, 1.82) is 0 Å². The lowest BCUT2D eigenvalue weighted by Crippen LogP contribution is -2.39. The van der Waals surface area contributed by atoms with Gasteiger partial charge in [0, 0.05) is 30.5 Å². The van der Waals surface area contributed by atoms with Crippen molar-refractivity contribution in [3.63, 3.8) is 0 Å². The summed E-state index contributed by atoms with van der Waals surface area (Å²) in [5.41, 5.74) is 3.63. The SMILES string of the molecule is Cc1ccc(N(C)c2nc(-c3ccccc3)ncc2C(=O)N[C@@H]2C[C@H]3CC[C@H]2C3)cc1. The largest absolute Gasteiger partial charge is 0.349 e. The maximum absolute atomic E-state index is 13.3. The highest BCUT2D eigenvalue weighted by molar-refractivity contribution is 5.99. The molecule has 1 amide bonds. The van der Waals surface area contributed by atoms with Crippen LogP contribution in [0.5, 0.6) is 0 Å². The molecule has 0 radical (unpaired) electrons. The summed E-state index contributed by atoms with van der Waals surface area (Å²) >= 11 is 0. The van der Waals surface area contributed by atoms with Crippen molar-refractivity contribution >= 4 is 17.4 Å². The number of carbonyl (C=O) groups excluding carboxylic acids is 1. The number of hydrogen-bond acceptors (Lipinski definition) is 4. The molecule has 1 heterocycles. The summed E-state index contributed by atoms with van der Waals surface area (Å²) < 4.78 is 0. The first kappa shape index (κ1) is 19.7. The predicted octanol–water partition coefficient (Wildman–Crippen LogP) is 5.14. The number of benzene rings is 2. The molecule has 2 bridgehead atoms. The minimum Gasteiger partial charge on any atom is -0.349 e. The monoisotopic (exact) mass is 412 g/mol. The van der Waals surface area contributed by atoms with Gasteiger partial charge >= 0.3 is 0 Å². The van der Waals surface area contributed by atoms with Crippen LogP contribution in [0.3, 0.4) is 0 Å². The summed E-state index contributed by atoms with van der Waals surface area (Å²) in [6.45, 7) is 2.07. The van der Waals surface area contributed by atoms with Crippen LogP contribution in [0.1, 0.15) is 41.6 Å². The number of aryl methyl sites for hydroxylation is 1. The van der Waals surface area contributed by atoms with E-state index in [0.29, 0.717) is 23.1 Å². The Morgan fingerprint density at radius 2 is 1.81 bits per heavy atom. The fourth-order valence-electron chi connectivity index (χ4n) is 5.07. The number of aromatic nitrogens is 2. The molecule has 2 fully saturated rings. The van der Waals surface area contributed by atoms with Crippen molar-refractivity contribution in [1.82, 2.24) is 15.3 Å². The Balaban J connectivity index is 1.50. The molecule has 2 aliphatic rings. The minimum absolute atomic E-state index is 0.0777. The summed E-state index contributed by atoms with van der Waals surface area (Å²) in [6, 6.07) is 18.4. The molecular weight excluding hydrogens is 384 g/mol. The van der Waals surface area contributed by atoms with Gasteiger partial charge in [-0.3, -0.25) is 4.79 Å². The fourth-order valence-corrected chi connectivity index (χ4v) is 5.07. The van der Waals surface area contributed by atoms with Gasteiger partial charge in [-0.25, -0.2) is 9.97 Å². The number of fused-ring (bicyclic) bond motifs is 2. The highest BCUT2D eigenvalue weighted by Gasteiger charge is 2.40. The zero-order valence-electron chi connectivity index (χ0n) is 18.1. The van der Waals surface area contributed by atoms with Gasteiger partial charge in [0.2, 0.25) is 0 Å². The summed E-state index contributed by atoms with van der Waals surface area (Å²) in [5.74, 6) is 2.56. The van der Waals surface area contributed by atoms with Crippen LogP contribution in [0.15, 0.2) is 60.8 Å². The van der Waals surface area contributed by atoms with E-state index in [2.05, 4.69) is 41.5 Å². The number of amides is 1. The smallest absolute Gasteiger partial charge is 0.256 e. The Morgan fingerprint density at radius 3 is 2.48 bits per heavy atom. The molecule has 5 nitrogen and oxygen atoms in total. The molecule has 3 aromatic rings. The van der Waals surface area contributed by atoms with E-state index in [1.807, 2.05) is 42.3 Å². The zero-order valence-corrected chi connectivity index (χ0v) is 18.1. The van der Waals surface area contributed by atoms with Crippen LogP contribution in [0, 0.1) is 18.8 Å². The summed E-state index contributed by atoms with van der Waals surface area (Å²) in [5, 5.41) is 3.30. The van der Waals surface area contributed by atoms with E-state index in [0.717, 1.165) is 23.6 Å². The third kappa shape index (κ3) is 3.92. The van der Waals surface area contributed by atoms with Crippen molar-refractivity contribution in [2.45, 2.75) is 38.6 Å². The quantitative estimate of drug-likeness (QED) is 0.630. The van der Waals surface area contributed by atoms with Gasteiger partial charge in [-0.2, -0.15) is 0 Å². The lowest BCUT2D eigenvalue weighted by molar-refractivity contribution is 0.0923. The van der Waals surface area contributed by atoms with Gasteiger partial charge in [0.05, 0.1) is 0 Å². The number of hydrogen-bond donors (Lipinski definition) is 1. The van der Waals surface area contributed by atoms with Crippen LogP contribution in [-0.4, -0.2) is 29.0 Å². The Hall–Kier alpha value is -3.21. The second-order valence-corrected chi connectivity index (χ2v) is 8.95. The van der Waals surface area contributed by atoms with E-state index < -0.39 is 0 Å². The van der Waals surface area contributed by atoms with Gasteiger partial charge in [-0.05, 0) is 50.2 Å². The van der Waals surface area contributed by atoms with Crippen LogP contribution < -0.4 is 10.2 Å². The van der Waals surface area contributed by atoms with Gasteiger partial charge < -0.3 is 10.2 Å². The summed E-state index contributed by atoms with van der Waals surface area (Å²) in [6.07, 6.45) is 6.58. The molecule has 3 atom stereocenters. The summed E-state index contributed by atoms with van der Waals surface area (Å²) in [4.78, 5) is 24.7. The first-order chi connectivity index (χ1) is 15.1. The fraction of sp³-hybridized carbons (Fsp3) is 0.346. The molecule has 5 rings (SSSR count). The molecule has 1 aromatic heterocycles. The number of nitrogens with one attached hydrogen (secondary N) is 1. The van der Waals surface area contributed by atoms with Crippen LogP contribution in [0.25, 0.3) is 11.4 Å². The van der Waals surface area contributed by atoms with Crippen molar-refractivity contribution in [3.8, 4) is 11.4 Å². The molecule has 2 saturated carbocycles. The third-order valence-corrected chi connectivity index (χ3v) is 6.84. The molecule has 5 heteroatoms. The van der Waals surface area contributed by atoms with Crippen molar-refractivity contribution in [2.24, 2.45) is 11.8 Å². The molecule has 0 spiro atoms. The molecule has 31 heavy (non-hydrogen) atoms. The second-order valence-electron chi connectivity index (χ2n) is 8.95. The maximum Gasteiger partial charge on any atom is 0.256 e. The van der Waals surface area contributed by atoms with Gasteiger partial charge in [0.1, 0.15) is 11.4 Å². The van der Waals surface area contributed by atoms with E-state index in [4.69, 9.17) is 4.98 Å². The van der Waals surface area contributed by atoms with E-state index in [1.54, 1.807) is 6.20 Å². The van der Waals surface area contributed by atoms with Crippen LogP contribution >= 0.6 is 0 Å². The summed E-state index contributed by atoms with van der Waals surface area (Å²) in [7, 11) is 1.95. The molecule has 158 valence electrons. The van der Waals surface area contributed by atoms with Gasteiger partial charge in [0.15, 0.2) is 5.82 Å². The number of anilines is 2. The lowest BCUT2D eigenvalue weighted by atomic mass is 9.95. The molecule has 0 aliphatic heterocycles. The van der Waals surface area contributed by atoms with E-state index in [9.17, 15) is 4.79 Å². The maximum atomic E-state index is 13.3. The van der Waals surface area contributed by atoms with Crippen molar-refractivity contribution in [2.75, 3.05) is 11.9 Å². The molecule has 0 saturated heterocycles. The van der Waals surface area contributed by atoms with Crippen molar-refractivity contribution < 1.29 is 4.79 Å². The highest BCUT2D eigenvalue weighted by atomic mass is 16.1. The Kier molecular flexibility index (Phi) is 5.18. The first-order valence-corrected chi connectivity index (χ1v) is 11.1.